The summed E-state index contributed by atoms with van der Waals surface area (Å²) < 4.78 is 0.839. The minimum Gasteiger partial charge on any atom is -0.130 e. The maximum Gasteiger partial charge on any atom is 0.129 e. The predicted octanol–water partition coefficient (Wildman–Crippen LogP) is 7.50. The van der Waals surface area contributed by atoms with Crippen LogP contribution in [0.15, 0.2) is 82.3 Å². The lowest BCUT2D eigenvalue weighted by molar-refractivity contribution is 0.606. The largest absolute Gasteiger partial charge is 0.130 e. The minimum absolute atomic E-state index is 0.473. The SMILES string of the molecule is C[Si](C)(C)C#CC12c3ccccc3C(C#CC=C(Br)Br)(c3ccccc31)c1ccccc12. The summed E-state index contributed by atoms with van der Waals surface area (Å²) in [7, 11) is -1.61. The Labute approximate surface area is 208 Å². The van der Waals surface area contributed by atoms with Gasteiger partial charge in [-0.2, -0.15) is 0 Å². The van der Waals surface area contributed by atoms with Gasteiger partial charge >= 0.3 is 0 Å². The van der Waals surface area contributed by atoms with Crippen molar-refractivity contribution in [3.63, 3.8) is 0 Å². The minimum atomic E-state index is -1.61. The van der Waals surface area contributed by atoms with Crippen LogP contribution in [0.4, 0.5) is 0 Å². The van der Waals surface area contributed by atoms with Crippen LogP contribution in [0.3, 0.4) is 0 Å². The molecular weight excluding hydrogens is 536 g/mol. The quantitative estimate of drug-likeness (QED) is 0.198. The van der Waals surface area contributed by atoms with Crippen molar-refractivity contribution in [2.24, 2.45) is 0 Å². The first-order valence-electron chi connectivity index (χ1n) is 10.7. The highest BCUT2D eigenvalue weighted by atomic mass is 79.9. The standard InChI is InChI=1S/C29H22Br2Si/c1-32(2,3)20-19-29-24-14-7-4-11-21(24)28(18-10-17-27(30)31,22-12-5-8-15-25(22)29)23-13-6-9-16-26(23)29/h4-9,11-17H,1-3H3. The summed E-state index contributed by atoms with van der Waals surface area (Å²) in [5.74, 6) is 10.9. The second-order valence-electron chi connectivity index (χ2n) is 9.34. The van der Waals surface area contributed by atoms with E-state index in [2.05, 4.69) is 148 Å². The number of hydrogen-bond donors (Lipinski definition) is 0. The molecular formula is C29H22Br2Si. The summed E-state index contributed by atoms with van der Waals surface area (Å²) in [6.07, 6.45) is 1.87. The molecule has 0 fully saturated rings. The molecule has 3 heteroatoms. The first kappa shape index (κ1) is 21.5. The molecule has 3 aromatic rings. The first-order chi connectivity index (χ1) is 15.3. The van der Waals surface area contributed by atoms with Crippen LogP contribution in [0.2, 0.25) is 19.6 Å². The number of rotatable bonds is 0. The molecule has 0 aromatic heterocycles. The van der Waals surface area contributed by atoms with E-state index in [1.165, 1.54) is 33.4 Å². The lowest BCUT2D eigenvalue weighted by atomic mass is 9.47. The highest BCUT2D eigenvalue weighted by molar-refractivity contribution is 9.28. The summed E-state index contributed by atoms with van der Waals surface area (Å²) >= 11 is 6.90. The molecule has 32 heavy (non-hydrogen) atoms. The number of halogens is 2. The van der Waals surface area contributed by atoms with Crippen LogP contribution in [-0.4, -0.2) is 8.07 Å². The van der Waals surface area contributed by atoms with Crippen LogP contribution in [0.1, 0.15) is 33.4 Å². The zero-order chi connectivity index (χ0) is 22.6. The lowest BCUT2D eigenvalue weighted by Gasteiger charge is -2.52. The first-order valence-corrected chi connectivity index (χ1v) is 15.8. The van der Waals surface area contributed by atoms with Crippen molar-refractivity contribution in [3.05, 3.63) is 116 Å². The zero-order valence-corrected chi connectivity index (χ0v) is 22.4. The fourth-order valence-electron chi connectivity index (χ4n) is 5.17. The van der Waals surface area contributed by atoms with Gasteiger partial charge in [-0.05, 0) is 65.2 Å². The number of benzene rings is 3. The normalized spacial score (nSPS) is 21.7. The molecule has 0 nitrogen and oxygen atoms in total. The Hall–Kier alpha value is -2.30. The molecule has 0 amide bonds. The van der Waals surface area contributed by atoms with E-state index < -0.39 is 18.9 Å². The average Bonchev–Trinajstić information content (AvgIpc) is 2.78. The van der Waals surface area contributed by atoms with Crippen LogP contribution >= 0.6 is 31.9 Å². The lowest BCUT2D eigenvalue weighted by Crippen LogP contribution is -2.50. The summed E-state index contributed by atoms with van der Waals surface area (Å²) in [5, 5.41) is 0. The van der Waals surface area contributed by atoms with Gasteiger partial charge in [0.1, 0.15) is 18.9 Å². The Morgan fingerprint density at radius 2 is 1.00 bits per heavy atom. The molecule has 3 aliphatic carbocycles. The predicted molar refractivity (Wildman–Crippen MR) is 144 cm³/mol. The van der Waals surface area contributed by atoms with Crippen LogP contribution < -0.4 is 0 Å². The van der Waals surface area contributed by atoms with Crippen molar-refractivity contribution >= 4 is 39.9 Å². The molecule has 2 bridgehead atoms. The molecule has 156 valence electrons. The van der Waals surface area contributed by atoms with E-state index in [1.54, 1.807) is 0 Å². The monoisotopic (exact) mass is 556 g/mol. The van der Waals surface area contributed by atoms with Gasteiger partial charge in [0.25, 0.3) is 0 Å². The van der Waals surface area contributed by atoms with E-state index in [4.69, 9.17) is 0 Å². The van der Waals surface area contributed by atoms with Gasteiger partial charge < -0.3 is 0 Å². The van der Waals surface area contributed by atoms with Gasteiger partial charge in [0.05, 0.1) is 3.39 Å². The van der Waals surface area contributed by atoms with Crippen molar-refractivity contribution in [2.45, 2.75) is 30.5 Å². The van der Waals surface area contributed by atoms with Gasteiger partial charge in [0, 0.05) is 6.08 Å². The van der Waals surface area contributed by atoms with E-state index >= 15 is 0 Å². The second-order valence-corrected chi connectivity index (χ2v) is 16.9. The highest BCUT2D eigenvalue weighted by Gasteiger charge is 2.57. The van der Waals surface area contributed by atoms with E-state index in [0.717, 1.165) is 3.39 Å². The zero-order valence-electron chi connectivity index (χ0n) is 18.3. The summed E-state index contributed by atoms with van der Waals surface area (Å²) in [6, 6.07) is 26.3. The molecule has 0 radical (unpaired) electrons. The van der Waals surface area contributed by atoms with Crippen molar-refractivity contribution in [1.82, 2.24) is 0 Å². The van der Waals surface area contributed by atoms with Gasteiger partial charge in [0.2, 0.25) is 0 Å². The van der Waals surface area contributed by atoms with Crippen molar-refractivity contribution in [2.75, 3.05) is 0 Å². The van der Waals surface area contributed by atoms with Gasteiger partial charge in [0.15, 0.2) is 0 Å². The third-order valence-electron chi connectivity index (χ3n) is 6.27. The summed E-state index contributed by atoms with van der Waals surface area (Å²) in [5.41, 5.74) is 10.3. The van der Waals surface area contributed by atoms with Gasteiger partial charge in [-0.1, -0.05) is 110 Å². The maximum absolute atomic E-state index is 3.86. The van der Waals surface area contributed by atoms with Crippen molar-refractivity contribution < 1.29 is 0 Å². The van der Waals surface area contributed by atoms with E-state index in [1.807, 2.05) is 6.08 Å². The highest BCUT2D eigenvalue weighted by Crippen LogP contribution is 2.61. The molecule has 0 saturated heterocycles. The smallest absolute Gasteiger partial charge is 0.129 e. The molecule has 0 heterocycles. The molecule has 3 aromatic carbocycles. The Morgan fingerprint density at radius 1 is 0.656 bits per heavy atom. The third kappa shape index (κ3) is 3.03. The Bertz CT molecular complexity index is 1280. The number of hydrogen-bond acceptors (Lipinski definition) is 0. The maximum atomic E-state index is 3.86. The molecule has 3 aliphatic rings. The third-order valence-corrected chi connectivity index (χ3v) is 7.60. The fourth-order valence-corrected chi connectivity index (χ4v) is 5.96. The van der Waals surface area contributed by atoms with Gasteiger partial charge in [-0.15, -0.1) is 5.54 Å². The van der Waals surface area contributed by atoms with Gasteiger partial charge in [-0.3, -0.25) is 0 Å². The molecule has 0 saturated carbocycles. The number of allylic oxidation sites excluding steroid dienone is 1. The fraction of sp³-hybridized carbons (Fsp3) is 0.172. The molecule has 0 unspecified atom stereocenters. The van der Waals surface area contributed by atoms with Crippen molar-refractivity contribution in [1.29, 1.82) is 0 Å². The van der Waals surface area contributed by atoms with Crippen LogP contribution in [0.25, 0.3) is 0 Å². The van der Waals surface area contributed by atoms with Crippen LogP contribution in [0.5, 0.6) is 0 Å². The molecule has 0 N–H and O–H groups in total. The second kappa shape index (κ2) is 7.63. The van der Waals surface area contributed by atoms with E-state index in [-0.39, 0.29) is 0 Å². The summed E-state index contributed by atoms with van der Waals surface area (Å²) in [6.45, 7) is 6.94. The topological polar surface area (TPSA) is 0 Å². The summed E-state index contributed by atoms with van der Waals surface area (Å²) in [4.78, 5) is 0. The molecule has 6 rings (SSSR count). The molecule has 0 spiro atoms. The van der Waals surface area contributed by atoms with Crippen LogP contribution in [0, 0.1) is 23.3 Å². The Balaban J connectivity index is 2.00. The van der Waals surface area contributed by atoms with E-state index in [9.17, 15) is 0 Å². The molecule has 0 aliphatic heterocycles. The van der Waals surface area contributed by atoms with Crippen LogP contribution in [-0.2, 0) is 10.8 Å². The van der Waals surface area contributed by atoms with E-state index in [0.29, 0.717) is 0 Å². The van der Waals surface area contributed by atoms with Gasteiger partial charge in [-0.25, -0.2) is 0 Å². The average molecular weight is 558 g/mol. The Kier molecular flexibility index (Phi) is 5.14. The Morgan fingerprint density at radius 3 is 1.31 bits per heavy atom. The van der Waals surface area contributed by atoms with Crippen molar-refractivity contribution in [3.8, 4) is 23.3 Å². The molecule has 0 atom stereocenters.